The highest BCUT2D eigenvalue weighted by molar-refractivity contribution is 7.07. The summed E-state index contributed by atoms with van der Waals surface area (Å²) in [5, 5.41) is 4.28. The van der Waals surface area contributed by atoms with Gasteiger partial charge in [0.05, 0.1) is 0 Å². The third kappa shape index (κ3) is 3.98. The second kappa shape index (κ2) is 7.33. The summed E-state index contributed by atoms with van der Waals surface area (Å²) in [4.78, 5) is 32.9. The summed E-state index contributed by atoms with van der Waals surface area (Å²) in [7, 11) is 3.59. The van der Waals surface area contributed by atoms with Crippen LogP contribution in [0.2, 0.25) is 0 Å². The molecule has 7 heteroatoms. The van der Waals surface area contributed by atoms with Gasteiger partial charge in [0.1, 0.15) is 0 Å². The standard InChI is InChI=1S/C18H28N4O2S/c1-4-21-13-18(9-16(21)23)12-20(10-15-5-8-25-11-15)6-7-22(14-18)17(24)19(2)3/h5,8,11H,4,6-7,9-10,12-14H2,1-3H3/t18-/m0/s1. The minimum absolute atomic E-state index is 0.0409. The fourth-order valence-corrected chi connectivity index (χ4v) is 4.71. The van der Waals surface area contributed by atoms with Gasteiger partial charge in [0.25, 0.3) is 0 Å². The number of hydrogen-bond acceptors (Lipinski definition) is 4. The zero-order valence-corrected chi connectivity index (χ0v) is 16.2. The minimum atomic E-state index is -0.161. The summed E-state index contributed by atoms with van der Waals surface area (Å²) < 4.78 is 0. The van der Waals surface area contributed by atoms with Crippen molar-refractivity contribution in [1.82, 2.24) is 19.6 Å². The number of hydrogen-bond donors (Lipinski definition) is 0. The smallest absolute Gasteiger partial charge is 0.319 e. The number of thiophene rings is 1. The van der Waals surface area contributed by atoms with Crippen LogP contribution in [0.25, 0.3) is 0 Å². The molecule has 138 valence electrons. The van der Waals surface area contributed by atoms with E-state index in [4.69, 9.17) is 0 Å². The van der Waals surface area contributed by atoms with Gasteiger partial charge in [-0.1, -0.05) is 0 Å². The number of likely N-dealkylation sites (tertiary alicyclic amines) is 1. The van der Waals surface area contributed by atoms with Gasteiger partial charge in [-0.15, -0.1) is 0 Å². The fourth-order valence-electron chi connectivity index (χ4n) is 4.05. The SMILES string of the molecule is CCN1C[C@]2(CC1=O)CN(Cc1ccsc1)CCN(C(=O)N(C)C)C2. The molecule has 1 aromatic heterocycles. The van der Waals surface area contributed by atoms with Crippen LogP contribution in [0.1, 0.15) is 18.9 Å². The molecule has 1 spiro atoms. The summed E-state index contributed by atoms with van der Waals surface area (Å²) in [6, 6.07) is 2.20. The van der Waals surface area contributed by atoms with Gasteiger partial charge in [-0.25, -0.2) is 4.79 Å². The lowest BCUT2D eigenvalue weighted by Gasteiger charge is -2.34. The number of carbonyl (C=O) groups excluding carboxylic acids is 2. The van der Waals surface area contributed by atoms with E-state index in [0.29, 0.717) is 19.5 Å². The Labute approximate surface area is 154 Å². The van der Waals surface area contributed by atoms with Crippen LogP contribution in [0.3, 0.4) is 0 Å². The largest absolute Gasteiger partial charge is 0.342 e. The molecular formula is C18H28N4O2S. The highest BCUT2D eigenvalue weighted by atomic mass is 32.1. The Morgan fingerprint density at radius 3 is 2.68 bits per heavy atom. The van der Waals surface area contributed by atoms with Crippen molar-refractivity contribution < 1.29 is 9.59 Å². The van der Waals surface area contributed by atoms with E-state index in [-0.39, 0.29) is 17.4 Å². The summed E-state index contributed by atoms with van der Waals surface area (Å²) in [5.41, 5.74) is 1.15. The van der Waals surface area contributed by atoms with E-state index in [1.807, 2.05) is 16.7 Å². The molecule has 25 heavy (non-hydrogen) atoms. The van der Waals surface area contributed by atoms with Crippen LogP contribution in [0.4, 0.5) is 4.79 Å². The number of urea groups is 1. The highest BCUT2D eigenvalue weighted by Crippen LogP contribution is 2.35. The first-order chi connectivity index (χ1) is 11.9. The monoisotopic (exact) mass is 364 g/mol. The highest BCUT2D eigenvalue weighted by Gasteiger charge is 2.46. The van der Waals surface area contributed by atoms with Gasteiger partial charge in [-0.05, 0) is 29.3 Å². The first kappa shape index (κ1) is 18.2. The number of rotatable bonds is 3. The molecule has 1 aromatic rings. The Kier molecular flexibility index (Phi) is 5.34. The van der Waals surface area contributed by atoms with Crippen molar-refractivity contribution >= 4 is 23.3 Å². The van der Waals surface area contributed by atoms with E-state index in [0.717, 1.165) is 32.7 Å². The third-order valence-electron chi connectivity index (χ3n) is 5.20. The van der Waals surface area contributed by atoms with E-state index in [1.54, 1.807) is 30.3 Å². The Hall–Kier alpha value is -1.60. The molecule has 3 rings (SSSR count). The van der Waals surface area contributed by atoms with Crippen LogP contribution < -0.4 is 0 Å². The lowest BCUT2D eigenvalue weighted by atomic mass is 9.86. The van der Waals surface area contributed by atoms with Gasteiger partial charge >= 0.3 is 6.03 Å². The second-order valence-corrected chi connectivity index (χ2v) is 8.31. The molecule has 6 nitrogen and oxygen atoms in total. The van der Waals surface area contributed by atoms with Gasteiger partial charge in [0.2, 0.25) is 5.91 Å². The fraction of sp³-hybridized carbons (Fsp3) is 0.667. The zero-order chi connectivity index (χ0) is 18.0. The molecule has 1 atom stereocenters. The molecule has 0 N–H and O–H groups in total. The summed E-state index contributed by atoms with van der Waals surface area (Å²) in [6.07, 6.45) is 0.540. The average Bonchev–Trinajstić information content (AvgIpc) is 3.13. The maximum Gasteiger partial charge on any atom is 0.319 e. The molecule has 2 aliphatic heterocycles. The van der Waals surface area contributed by atoms with Gasteiger partial charge in [0, 0.05) is 71.7 Å². The summed E-state index contributed by atoms with van der Waals surface area (Å²) in [5.74, 6) is 0.220. The molecule has 0 saturated carbocycles. The van der Waals surface area contributed by atoms with E-state index in [9.17, 15) is 9.59 Å². The molecule has 0 aromatic carbocycles. The van der Waals surface area contributed by atoms with Crippen LogP contribution in [-0.4, -0.2) is 84.9 Å². The van der Waals surface area contributed by atoms with Crippen molar-refractivity contribution in [3.05, 3.63) is 22.4 Å². The first-order valence-electron chi connectivity index (χ1n) is 8.90. The predicted molar refractivity (Wildman–Crippen MR) is 99.6 cm³/mol. The van der Waals surface area contributed by atoms with Crippen molar-refractivity contribution in [2.24, 2.45) is 5.41 Å². The van der Waals surface area contributed by atoms with Crippen LogP contribution >= 0.6 is 11.3 Å². The van der Waals surface area contributed by atoms with Crippen LogP contribution in [0.5, 0.6) is 0 Å². The lowest BCUT2D eigenvalue weighted by molar-refractivity contribution is -0.127. The van der Waals surface area contributed by atoms with Crippen LogP contribution in [0, 0.1) is 5.41 Å². The van der Waals surface area contributed by atoms with E-state index in [2.05, 4.69) is 21.7 Å². The Bertz CT molecular complexity index is 619. The van der Waals surface area contributed by atoms with Crippen molar-refractivity contribution in [1.29, 1.82) is 0 Å². The molecule has 3 heterocycles. The van der Waals surface area contributed by atoms with Gasteiger partial charge < -0.3 is 14.7 Å². The Morgan fingerprint density at radius 1 is 1.28 bits per heavy atom. The Morgan fingerprint density at radius 2 is 2.08 bits per heavy atom. The van der Waals surface area contributed by atoms with Crippen molar-refractivity contribution in [3.8, 4) is 0 Å². The molecule has 0 radical (unpaired) electrons. The summed E-state index contributed by atoms with van der Waals surface area (Å²) in [6.45, 7) is 7.48. The molecule has 2 aliphatic rings. The molecule has 0 unspecified atom stereocenters. The molecule has 0 bridgehead atoms. The third-order valence-corrected chi connectivity index (χ3v) is 5.93. The zero-order valence-electron chi connectivity index (χ0n) is 15.4. The maximum absolute atomic E-state index is 12.6. The topological polar surface area (TPSA) is 47.1 Å². The maximum atomic E-state index is 12.6. The number of nitrogens with zero attached hydrogens (tertiary/aromatic N) is 4. The average molecular weight is 365 g/mol. The molecule has 3 amide bonds. The quantitative estimate of drug-likeness (QED) is 0.821. The van der Waals surface area contributed by atoms with Gasteiger partial charge in [-0.2, -0.15) is 11.3 Å². The number of carbonyl (C=O) groups is 2. The van der Waals surface area contributed by atoms with E-state index >= 15 is 0 Å². The van der Waals surface area contributed by atoms with Gasteiger partial charge in [0.15, 0.2) is 0 Å². The normalized spacial score (nSPS) is 24.8. The predicted octanol–water partition coefficient (Wildman–Crippen LogP) is 1.79. The lowest BCUT2D eigenvalue weighted by Crippen LogP contribution is -2.47. The van der Waals surface area contributed by atoms with Crippen molar-refractivity contribution in [2.75, 3.05) is 53.4 Å². The molecule has 0 aliphatic carbocycles. The molecule has 2 fully saturated rings. The summed E-state index contributed by atoms with van der Waals surface area (Å²) >= 11 is 1.71. The van der Waals surface area contributed by atoms with Crippen molar-refractivity contribution in [3.63, 3.8) is 0 Å². The Balaban J connectivity index is 1.82. The number of amides is 3. The van der Waals surface area contributed by atoms with E-state index < -0.39 is 0 Å². The second-order valence-electron chi connectivity index (χ2n) is 7.53. The van der Waals surface area contributed by atoms with E-state index in [1.165, 1.54) is 5.56 Å². The van der Waals surface area contributed by atoms with Crippen molar-refractivity contribution in [2.45, 2.75) is 19.9 Å². The van der Waals surface area contributed by atoms with Crippen LogP contribution in [-0.2, 0) is 11.3 Å². The minimum Gasteiger partial charge on any atom is -0.342 e. The first-order valence-corrected chi connectivity index (χ1v) is 9.84. The molecular weight excluding hydrogens is 336 g/mol. The van der Waals surface area contributed by atoms with Crippen LogP contribution in [0.15, 0.2) is 16.8 Å². The molecule has 2 saturated heterocycles. The van der Waals surface area contributed by atoms with Gasteiger partial charge in [-0.3, -0.25) is 9.69 Å².